The fourth-order valence-electron chi connectivity index (χ4n) is 3.34. The van der Waals surface area contributed by atoms with Crippen molar-refractivity contribution in [3.05, 3.63) is 64.6 Å². The van der Waals surface area contributed by atoms with E-state index in [0.717, 1.165) is 5.39 Å². The molecule has 4 rings (SSSR count). The maximum absolute atomic E-state index is 13.9. The third-order valence-electron chi connectivity index (χ3n) is 4.87. The SMILES string of the molecule is O=C(CN1CCN(C(=O)c2cc3ccccc3o2)CC1)Nc1ccc(Br)cc1F. The number of hydrogen-bond donors (Lipinski definition) is 1. The largest absolute Gasteiger partial charge is 0.451 e. The highest BCUT2D eigenvalue weighted by Gasteiger charge is 2.25. The van der Waals surface area contributed by atoms with Gasteiger partial charge in [0.2, 0.25) is 5.91 Å². The smallest absolute Gasteiger partial charge is 0.289 e. The zero-order valence-corrected chi connectivity index (χ0v) is 17.1. The second kappa shape index (κ2) is 8.34. The van der Waals surface area contributed by atoms with Crippen LogP contribution in [0.15, 0.2) is 57.4 Å². The topological polar surface area (TPSA) is 65.8 Å². The molecule has 1 saturated heterocycles. The van der Waals surface area contributed by atoms with E-state index in [-0.39, 0.29) is 24.0 Å². The lowest BCUT2D eigenvalue weighted by atomic mass is 10.2. The fraction of sp³-hybridized carbons (Fsp3) is 0.238. The maximum atomic E-state index is 13.9. The van der Waals surface area contributed by atoms with Gasteiger partial charge < -0.3 is 14.6 Å². The number of carbonyl (C=O) groups excluding carboxylic acids is 2. The van der Waals surface area contributed by atoms with Gasteiger partial charge in [-0.3, -0.25) is 14.5 Å². The molecule has 150 valence electrons. The average molecular weight is 460 g/mol. The van der Waals surface area contributed by atoms with Crippen LogP contribution in [0.4, 0.5) is 10.1 Å². The first-order chi connectivity index (χ1) is 14.0. The molecule has 0 bridgehead atoms. The summed E-state index contributed by atoms with van der Waals surface area (Å²) in [5, 5.41) is 3.48. The molecule has 0 atom stereocenters. The molecular formula is C21H19BrFN3O3. The van der Waals surface area contributed by atoms with Crippen molar-refractivity contribution in [2.75, 3.05) is 38.0 Å². The minimum absolute atomic E-state index is 0.141. The predicted molar refractivity (Wildman–Crippen MR) is 111 cm³/mol. The molecule has 0 spiro atoms. The number of nitrogens with one attached hydrogen (secondary N) is 1. The molecular weight excluding hydrogens is 441 g/mol. The number of benzene rings is 2. The first kappa shape index (κ1) is 19.6. The van der Waals surface area contributed by atoms with Gasteiger partial charge in [-0.2, -0.15) is 0 Å². The standard InChI is InChI=1S/C21H19BrFN3O3/c22-15-5-6-17(16(23)12-15)24-20(27)13-25-7-9-26(10-8-25)21(28)19-11-14-3-1-2-4-18(14)29-19/h1-6,11-12H,7-10,13H2,(H,24,27). The van der Waals surface area contributed by atoms with Crippen molar-refractivity contribution < 1.29 is 18.4 Å². The molecule has 0 saturated carbocycles. The summed E-state index contributed by atoms with van der Waals surface area (Å²) in [5.74, 6) is -0.609. The van der Waals surface area contributed by atoms with Crippen LogP contribution < -0.4 is 5.32 Å². The van der Waals surface area contributed by atoms with Crippen LogP contribution in [0.1, 0.15) is 10.6 Å². The number of nitrogens with zero attached hydrogens (tertiary/aromatic N) is 2. The quantitative estimate of drug-likeness (QED) is 0.645. The molecule has 1 aliphatic rings. The van der Waals surface area contributed by atoms with Crippen LogP contribution in [0.3, 0.4) is 0 Å². The normalized spacial score (nSPS) is 14.9. The Kier molecular flexibility index (Phi) is 5.64. The number of piperazine rings is 1. The van der Waals surface area contributed by atoms with Gasteiger partial charge in [-0.05, 0) is 30.3 Å². The molecule has 0 aliphatic carbocycles. The minimum Gasteiger partial charge on any atom is -0.451 e. The maximum Gasteiger partial charge on any atom is 0.289 e. The Bertz CT molecular complexity index is 1030. The Morgan fingerprint density at radius 1 is 1.07 bits per heavy atom. The van der Waals surface area contributed by atoms with E-state index in [9.17, 15) is 14.0 Å². The highest BCUT2D eigenvalue weighted by Crippen LogP contribution is 2.21. The Balaban J connectivity index is 1.30. The number of halogens is 2. The molecule has 2 heterocycles. The summed E-state index contributed by atoms with van der Waals surface area (Å²) in [6, 6.07) is 13.7. The van der Waals surface area contributed by atoms with Gasteiger partial charge in [0.25, 0.3) is 5.91 Å². The third-order valence-corrected chi connectivity index (χ3v) is 5.36. The van der Waals surface area contributed by atoms with Crippen molar-refractivity contribution >= 4 is 44.4 Å². The molecule has 0 radical (unpaired) electrons. The summed E-state index contributed by atoms with van der Waals surface area (Å²) in [6.45, 7) is 2.25. The highest BCUT2D eigenvalue weighted by atomic mass is 79.9. The van der Waals surface area contributed by atoms with E-state index in [4.69, 9.17) is 4.42 Å². The van der Waals surface area contributed by atoms with Gasteiger partial charge in [0.1, 0.15) is 11.4 Å². The lowest BCUT2D eigenvalue weighted by Crippen LogP contribution is -2.50. The van der Waals surface area contributed by atoms with Crippen molar-refractivity contribution in [1.82, 2.24) is 9.80 Å². The summed E-state index contributed by atoms with van der Waals surface area (Å²) in [6.07, 6.45) is 0. The van der Waals surface area contributed by atoms with Gasteiger partial charge in [-0.25, -0.2) is 4.39 Å². The van der Waals surface area contributed by atoms with Gasteiger partial charge in [-0.15, -0.1) is 0 Å². The summed E-state index contributed by atoms with van der Waals surface area (Å²) < 4.78 is 20.1. The van der Waals surface area contributed by atoms with Gasteiger partial charge in [0.15, 0.2) is 5.76 Å². The first-order valence-corrected chi connectivity index (χ1v) is 10.0. The first-order valence-electron chi connectivity index (χ1n) is 9.25. The van der Waals surface area contributed by atoms with Crippen LogP contribution in [-0.4, -0.2) is 54.3 Å². The number of fused-ring (bicyclic) bond motifs is 1. The molecule has 6 nitrogen and oxygen atoms in total. The number of para-hydroxylation sites is 1. The Labute approximate surface area is 175 Å². The number of rotatable bonds is 4. The van der Waals surface area contributed by atoms with Crippen LogP contribution in [0.5, 0.6) is 0 Å². The highest BCUT2D eigenvalue weighted by molar-refractivity contribution is 9.10. The van der Waals surface area contributed by atoms with Crippen molar-refractivity contribution in [1.29, 1.82) is 0 Å². The summed E-state index contributed by atoms with van der Waals surface area (Å²) in [5.41, 5.74) is 0.836. The second-order valence-electron chi connectivity index (χ2n) is 6.89. The van der Waals surface area contributed by atoms with Crippen LogP contribution in [0.25, 0.3) is 11.0 Å². The molecule has 1 N–H and O–H groups in total. The van der Waals surface area contributed by atoms with Crippen LogP contribution in [0.2, 0.25) is 0 Å². The van der Waals surface area contributed by atoms with E-state index in [2.05, 4.69) is 21.2 Å². The molecule has 8 heteroatoms. The zero-order chi connectivity index (χ0) is 20.4. The molecule has 1 aliphatic heterocycles. The number of amides is 2. The van der Waals surface area contributed by atoms with Gasteiger partial charge in [0, 0.05) is 36.0 Å². The van der Waals surface area contributed by atoms with E-state index < -0.39 is 5.82 Å². The van der Waals surface area contributed by atoms with Gasteiger partial charge in [0.05, 0.1) is 12.2 Å². The third kappa shape index (κ3) is 4.49. The molecule has 1 aromatic heterocycles. The molecule has 0 unspecified atom stereocenters. The molecule has 2 aromatic carbocycles. The van der Waals surface area contributed by atoms with E-state index in [0.29, 0.717) is 42.0 Å². The fourth-order valence-corrected chi connectivity index (χ4v) is 3.67. The Morgan fingerprint density at radius 2 is 1.83 bits per heavy atom. The summed E-state index contributed by atoms with van der Waals surface area (Å²) in [7, 11) is 0. The summed E-state index contributed by atoms with van der Waals surface area (Å²) in [4.78, 5) is 28.6. The van der Waals surface area contributed by atoms with Crippen molar-refractivity contribution in [3.8, 4) is 0 Å². The lowest BCUT2D eigenvalue weighted by Gasteiger charge is -2.33. The number of hydrogen-bond acceptors (Lipinski definition) is 4. The Hall–Kier alpha value is -2.71. The molecule has 2 amide bonds. The number of carbonyl (C=O) groups is 2. The van der Waals surface area contributed by atoms with E-state index >= 15 is 0 Å². The van der Waals surface area contributed by atoms with Crippen LogP contribution in [0, 0.1) is 5.82 Å². The van der Waals surface area contributed by atoms with Crippen LogP contribution in [-0.2, 0) is 4.79 Å². The van der Waals surface area contributed by atoms with E-state index in [1.54, 1.807) is 17.0 Å². The van der Waals surface area contributed by atoms with Crippen LogP contribution >= 0.6 is 15.9 Å². The zero-order valence-electron chi connectivity index (χ0n) is 15.5. The van der Waals surface area contributed by atoms with E-state index in [1.807, 2.05) is 29.2 Å². The predicted octanol–water partition coefficient (Wildman–Crippen LogP) is 3.73. The van der Waals surface area contributed by atoms with E-state index in [1.165, 1.54) is 12.1 Å². The number of anilines is 1. The monoisotopic (exact) mass is 459 g/mol. The average Bonchev–Trinajstić information content (AvgIpc) is 3.14. The lowest BCUT2D eigenvalue weighted by molar-refractivity contribution is -0.117. The second-order valence-corrected chi connectivity index (χ2v) is 7.80. The molecule has 29 heavy (non-hydrogen) atoms. The van der Waals surface area contributed by atoms with Crippen molar-refractivity contribution in [2.45, 2.75) is 0 Å². The molecule has 3 aromatic rings. The van der Waals surface area contributed by atoms with Crippen molar-refractivity contribution in [3.63, 3.8) is 0 Å². The van der Waals surface area contributed by atoms with Crippen molar-refractivity contribution in [2.24, 2.45) is 0 Å². The minimum atomic E-state index is -0.492. The Morgan fingerprint density at radius 3 is 2.55 bits per heavy atom. The number of furan rings is 1. The molecule has 1 fully saturated rings. The van der Waals surface area contributed by atoms with Gasteiger partial charge >= 0.3 is 0 Å². The summed E-state index contributed by atoms with van der Waals surface area (Å²) >= 11 is 3.19. The van der Waals surface area contributed by atoms with Gasteiger partial charge in [-0.1, -0.05) is 34.1 Å².